The van der Waals surface area contributed by atoms with Crippen molar-refractivity contribution in [2.45, 2.75) is 119 Å². The molecule has 6 aromatic rings. The molecule has 4 heterocycles. The van der Waals surface area contributed by atoms with E-state index in [0.29, 0.717) is 71.0 Å². The lowest BCUT2D eigenvalue weighted by Crippen LogP contribution is -2.67. The van der Waals surface area contributed by atoms with Gasteiger partial charge in [0.05, 0.1) is 11.0 Å². The molecule has 0 saturated carbocycles. The summed E-state index contributed by atoms with van der Waals surface area (Å²) in [6, 6.07) is 27.9. The number of aliphatic carboxylic acids is 2. The number of nitrogens with zero attached hydrogens (tertiary/aromatic N) is 6. The van der Waals surface area contributed by atoms with Crippen molar-refractivity contribution in [2.75, 3.05) is 26.2 Å². The molecule has 71 heavy (non-hydrogen) atoms. The Hall–Kier alpha value is -5.44. The fourth-order valence-corrected chi connectivity index (χ4v) is 8.86. The number of carboxylic acid groups (broad SMARTS) is 2. The van der Waals surface area contributed by atoms with Crippen molar-refractivity contribution in [3.05, 3.63) is 117 Å². The molecule has 13 nitrogen and oxygen atoms in total. The van der Waals surface area contributed by atoms with Crippen LogP contribution < -0.4 is 10.8 Å². The standard InChI is InChI=1S/2C26H30ClN3O3.C4H11N/c2*1-17(2)14-20-8-9-21(15-22(20)27)24-28-23(29-33-24)19-6-4-18(5-7-19)16-30-12-10-26(3,11-13-30)25(31)32;1-4(2,3)5/h2*4-9,15,17H,10-14,16H2,1-3H3,(H,31,32);5H2,1-3H3. The molecule has 4 aromatic carbocycles. The Balaban J connectivity index is 0.000000212. The molecule has 0 spiro atoms. The zero-order valence-electron chi connectivity index (χ0n) is 42.9. The second-order valence-electron chi connectivity index (χ2n) is 21.9. The molecule has 2 fully saturated rings. The third-order valence-corrected chi connectivity index (χ3v) is 13.6. The van der Waals surface area contributed by atoms with Gasteiger partial charge in [0.15, 0.2) is 0 Å². The van der Waals surface area contributed by atoms with Gasteiger partial charge in [0, 0.05) is 56.8 Å². The van der Waals surface area contributed by atoms with E-state index >= 15 is 0 Å². The molecule has 0 radical (unpaired) electrons. The summed E-state index contributed by atoms with van der Waals surface area (Å²) in [5.74, 6) is 1.38. The lowest BCUT2D eigenvalue weighted by Gasteiger charge is -2.40. The maximum absolute atomic E-state index is 11.4. The summed E-state index contributed by atoms with van der Waals surface area (Å²) in [5, 5.41) is 30.4. The van der Waals surface area contributed by atoms with Gasteiger partial charge >= 0.3 is 5.97 Å². The highest BCUT2D eigenvalue weighted by molar-refractivity contribution is 6.32. The summed E-state index contributed by atoms with van der Waals surface area (Å²) in [6.07, 6.45) is 4.43. The zero-order valence-corrected chi connectivity index (χ0v) is 44.4. The Morgan fingerprint density at radius 1 is 0.648 bits per heavy atom. The van der Waals surface area contributed by atoms with Gasteiger partial charge in [-0.25, -0.2) is 0 Å². The molecule has 2 saturated heterocycles. The molecule has 0 bridgehead atoms. The molecule has 4 N–H and O–H groups in total. The summed E-state index contributed by atoms with van der Waals surface area (Å²) in [7, 11) is 0. The van der Waals surface area contributed by atoms with Gasteiger partial charge in [-0.1, -0.05) is 129 Å². The SMILES string of the molecule is CC(C)(C)[NH3+].CC(C)Cc1ccc(-c2nc(-c3ccc(CN4CCC(C)(C(=O)O)CC4)cc3)no2)cc1Cl.CC(C)Cc1ccc(-c2nc(-c3ccc(CN4CCC(C)(C(=O)[O-])CC4)cc3)no2)cc1Cl. The smallest absolute Gasteiger partial charge is 0.309 e. The van der Waals surface area contributed by atoms with Gasteiger partial charge < -0.3 is 29.8 Å². The normalized spacial score (nSPS) is 16.0. The van der Waals surface area contributed by atoms with Gasteiger partial charge in [-0.2, -0.15) is 9.97 Å². The highest BCUT2D eigenvalue weighted by Gasteiger charge is 2.37. The number of aromatic nitrogens is 4. The van der Waals surface area contributed by atoms with Crippen molar-refractivity contribution in [3.63, 3.8) is 0 Å². The van der Waals surface area contributed by atoms with Gasteiger partial charge in [0.25, 0.3) is 11.8 Å². The molecule has 2 aromatic heterocycles. The van der Waals surface area contributed by atoms with E-state index in [1.165, 1.54) is 5.56 Å². The van der Waals surface area contributed by atoms with E-state index < -0.39 is 22.8 Å². The Morgan fingerprint density at radius 3 is 1.30 bits per heavy atom. The number of likely N-dealkylation sites (tertiary alicyclic amines) is 2. The van der Waals surface area contributed by atoms with Crippen LogP contribution in [-0.2, 0) is 35.5 Å². The third kappa shape index (κ3) is 15.8. The first-order valence-corrected chi connectivity index (χ1v) is 25.4. The van der Waals surface area contributed by atoms with E-state index in [-0.39, 0.29) is 5.54 Å². The molecular weight excluding hydrogens is 938 g/mol. The summed E-state index contributed by atoms with van der Waals surface area (Å²) in [4.78, 5) is 36.4. The van der Waals surface area contributed by atoms with Crippen molar-refractivity contribution in [2.24, 2.45) is 22.7 Å². The van der Waals surface area contributed by atoms with Crippen LogP contribution in [0.15, 0.2) is 94.0 Å². The van der Waals surface area contributed by atoms with E-state index in [1.807, 2.05) is 67.6 Å². The lowest BCUT2D eigenvalue weighted by atomic mass is 9.80. The highest BCUT2D eigenvalue weighted by Crippen LogP contribution is 2.34. The van der Waals surface area contributed by atoms with Gasteiger partial charge in [-0.15, -0.1) is 0 Å². The summed E-state index contributed by atoms with van der Waals surface area (Å²) >= 11 is 12.9. The Kier molecular flexibility index (Phi) is 18.4. The van der Waals surface area contributed by atoms with E-state index in [9.17, 15) is 19.8 Å². The van der Waals surface area contributed by atoms with Crippen molar-refractivity contribution in [3.8, 4) is 45.7 Å². The summed E-state index contributed by atoms with van der Waals surface area (Å²) in [6.45, 7) is 23.2. The van der Waals surface area contributed by atoms with Gasteiger partial charge in [-0.3, -0.25) is 14.6 Å². The van der Waals surface area contributed by atoms with Crippen LogP contribution in [0.25, 0.3) is 45.7 Å². The molecule has 0 aliphatic carbocycles. The van der Waals surface area contributed by atoms with Gasteiger partial charge in [-0.05, 0) is 151 Å². The average Bonchev–Trinajstić information content (AvgIpc) is 4.01. The minimum atomic E-state index is -0.945. The number of carbonyl (C=O) groups excluding carboxylic acids is 1. The third-order valence-electron chi connectivity index (χ3n) is 12.9. The predicted molar refractivity (Wildman–Crippen MR) is 278 cm³/mol. The monoisotopic (exact) mass is 1010 g/mol. The van der Waals surface area contributed by atoms with Crippen LogP contribution in [0.4, 0.5) is 0 Å². The fraction of sp³-hybridized carbons (Fsp3) is 0.464. The molecule has 8 rings (SSSR count). The van der Waals surface area contributed by atoms with Crippen molar-refractivity contribution < 1.29 is 34.6 Å². The number of benzene rings is 4. The topological polar surface area (TPSA) is 189 Å². The number of carboxylic acids is 2. The molecule has 0 atom stereocenters. The molecule has 2 aliphatic rings. The average molecular weight is 1010 g/mol. The predicted octanol–water partition coefficient (Wildman–Crippen LogP) is 10.6. The Bertz CT molecular complexity index is 2510. The van der Waals surface area contributed by atoms with Crippen LogP contribution in [0.1, 0.15) is 110 Å². The Morgan fingerprint density at radius 2 is 0.986 bits per heavy atom. The fourth-order valence-electron chi connectivity index (χ4n) is 8.35. The minimum absolute atomic E-state index is 0.250. The van der Waals surface area contributed by atoms with Crippen LogP contribution in [-0.4, -0.2) is 78.8 Å². The first-order chi connectivity index (χ1) is 33.5. The number of carbonyl (C=O) groups is 2. The van der Waals surface area contributed by atoms with E-state index in [4.69, 9.17) is 32.2 Å². The van der Waals surface area contributed by atoms with Crippen LogP contribution in [0.3, 0.4) is 0 Å². The van der Waals surface area contributed by atoms with Crippen molar-refractivity contribution in [1.29, 1.82) is 0 Å². The number of piperidine rings is 2. The first-order valence-electron chi connectivity index (χ1n) is 24.7. The summed E-state index contributed by atoms with van der Waals surface area (Å²) in [5.41, 5.74) is 10.6. The van der Waals surface area contributed by atoms with Gasteiger partial charge in [0.2, 0.25) is 11.6 Å². The molecule has 380 valence electrons. The maximum atomic E-state index is 11.4. The van der Waals surface area contributed by atoms with Crippen molar-refractivity contribution in [1.82, 2.24) is 30.1 Å². The number of hydrogen-bond donors (Lipinski definition) is 2. The quantitative estimate of drug-likeness (QED) is 0.105. The first kappa shape index (κ1) is 54.9. The van der Waals surface area contributed by atoms with Crippen molar-refractivity contribution >= 4 is 35.1 Å². The number of halogens is 2. The summed E-state index contributed by atoms with van der Waals surface area (Å²) < 4.78 is 11.0. The largest absolute Gasteiger partial charge is 0.550 e. The molecule has 15 heteroatoms. The number of rotatable bonds is 14. The molecule has 2 aliphatic heterocycles. The Labute approximate surface area is 429 Å². The van der Waals surface area contributed by atoms with E-state index in [1.54, 1.807) is 6.92 Å². The number of quaternary nitrogens is 1. The highest BCUT2D eigenvalue weighted by atomic mass is 35.5. The molecule has 0 unspecified atom stereocenters. The van der Waals surface area contributed by atoms with Crippen LogP contribution in [0.5, 0.6) is 0 Å². The zero-order chi connectivity index (χ0) is 51.7. The number of hydrogen-bond acceptors (Lipinski definition) is 11. The molecule has 0 amide bonds. The van der Waals surface area contributed by atoms with Gasteiger partial charge in [0.1, 0.15) is 0 Å². The minimum Gasteiger partial charge on any atom is -0.550 e. The molecular formula is C56H71Cl2N7O6. The van der Waals surface area contributed by atoms with Crippen LogP contribution in [0, 0.1) is 22.7 Å². The second-order valence-corrected chi connectivity index (χ2v) is 22.7. The van der Waals surface area contributed by atoms with Crippen LogP contribution >= 0.6 is 23.2 Å². The second kappa shape index (κ2) is 23.9. The van der Waals surface area contributed by atoms with Crippen LogP contribution in [0.2, 0.25) is 10.0 Å². The van der Waals surface area contributed by atoms with E-state index in [0.717, 1.165) is 91.1 Å². The maximum Gasteiger partial charge on any atom is 0.309 e. The lowest BCUT2D eigenvalue weighted by molar-refractivity contribution is -0.458. The van der Waals surface area contributed by atoms with E-state index in [2.05, 4.69) is 109 Å².